The second-order valence-corrected chi connectivity index (χ2v) is 7.02. The van der Waals surface area contributed by atoms with Crippen molar-refractivity contribution in [3.05, 3.63) is 55.0 Å². The van der Waals surface area contributed by atoms with Gasteiger partial charge in [0, 0.05) is 6.54 Å². The maximum Gasteiger partial charge on any atom is 0.338 e. The van der Waals surface area contributed by atoms with E-state index in [1.807, 2.05) is 6.07 Å². The molecule has 0 unspecified atom stereocenters. The van der Waals surface area contributed by atoms with Crippen molar-refractivity contribution < 1.29 is 24.2 Å². The van der Waals surface area contributed by atoms with Crippen molar-refractivity contribution in [1.82, 2.24) is 5.32 Å². The van der Waals surface area contributed by atoms with Crippen LogP contribution in [0.25, 0.3) is 0 Å². The lowest BCUT2D eigenvalue weighted by Gasteiger charge is -2.14. The van der Waals surface area contributed by atoms with Crippen molar-refractivity contribution in [1.29, 1.82) is 0 Å². The van der Waals surface area contributed by atoms with Gasteiger partial charge in [-0.2, -0.15) is 0 Å². The lowest BCUT2D eigenvalue weighted by Crippen LogP contribution is -2.28. The number of methoxy groups -OCH3 is 2. The van der Waals surface area contributed by atoms with Crippen molar-refractivity contribution in [2.75, 3.05) is 20.8 Å². The molecule has 0 aliphatic carbocycles. The summed E-state index contributed by atoms with van der Waals surface area (Å²) in [5.74, 6) is -1.05. The van der Waals surface area contributed by atoms with E-state index in [0.717, 1.165) is 5.56 Å². The molecule has 2 rings (SSSR count). The highest BCUT2D eigenvalue weighted by Crippen LogP contribution is 2.41. The van der Waals surface area contributed by atoms with Crippen LogP contribution in [0, 0.1) is 0 Å². The third-order valence-electron chi connectivity index (χ3n) is 3.86. The summed E-state index contributed by atoms with van der Waals surface area (Å²) >= 11 is 23.8. The zero-order valence-electron chi connectivity index (χ0n) is 14.7. The van der Waals surface area contributed by atoms with Gasteiger partial charge in [-0.15, -0.1) is 0 Å². The Bertz CT molecular complexity index is 933. The summed E-state index contributed by atoms with van der Waals surface area (Å²) < 4.78 is 10.4. The number of benzene rings is 2. The maximum atomic E-state index is 12.6. The summed E-state index contributed by atoms with van der Waals surface area (Å²) in [5, 5.41) is 10.9. The fourth-order valence-corrected chi connectivity index (χ4v) is 3.51. The monoisotopic (exact) mass is 465 g/mol. The van der Waals surface area contributed by atoms with E-state index in [1.165, 1.54) is 14.2 Å². The van der Waals surface area contributed by atoms with E-state index in [9.17, 15) is 14.7 Å². The van der Waals surface area contributed by atoms with Gasteiger partial charge in [-0.1, -0.05) is 52.5 Å². The normalized spacial score (nSPS) is 10.5. The number of hydrogen-bond acceptors (Lipinski definition) is 4. The molecule has 0 heterocycles. The Morgan fingerprint density at radius 2 is 1.50 bits per heavy atom. The van der Waals surface area contributed by atoms with E-state index >= 15 is 0 Å². The molecular weight excluding hydrogens is 452 g/mol. The summed E-state index contributed by atoms with van der Waals surface area (Å²) in [6, 6.07) is 5.34. The van der Waals surface area contributed by atoms with Crippen LogP contribution in [0.2, 0.25) is 20.1 Å². The van der Waals surface area contributed by atoms with Crippen LogP contribution in [0.4, 0.5) is 0 Å². The van der Waals surface area contributed by atoms with Gasteiger partial charge in [-0.25, -0.2) is 4.79 Å². The van der Waals surface area contributed by atoms with Crippen LogP contribution in [0.15, 0.2) is 18.2 Å². The molecule has 0 aliphatic heterocycles. The van der Waals surface area contributed by atoms with E-state index in [1.54, 1.807) is 12.1 Å². The fraction of sp³-hybridized carbons (Fsp3) is 0.222. The minimum absolute atomic E-state index is 0.191. The molecule has 2 N–H and O–H groups in total. The molecule has 2 aromatic rings. The lowest BCUT2D eigenvalue weighted by atomic mass is 10.1. The molecule has 0 saturated carbocycles. The molecule has 1 amide bonds. The van der Waals surface area contributed by atoms with Gasteiger partial charge < -0.3 is 19.9 Å². The average Bonchev–Trinajstić information content (AvgIpc) is 2.68. The molecule has 0 saturated heterocycles. The molecule has 0 fully saturated rings. The van der Waals surface area contributed by atoms with Crippen LogP contribution < -0.4 is 14.8 Å². The van der Waals surface area contributed by atoms with Crippen LogP contribution >= 0.6 is 46.4 Å². The highest BCUT2D eigenvalue weighted by molar-refractivity contribution is 6.54. The van der Waals surface area contributed by atoms with Crippen LogP contribution in [-0.4, -0.2) is 37.7 Å². The van der Waals surface area contributed by atoms with Gasteiger partial charge in [0.1, 0.15) is 0 Å². The fourth-order valence-electron chi connectivity index (χ4n) is 2.49. The maximum absolute atomic E-state index is 12.6. The summed E-state index contributed by atoms with van der Waals surface area (Å²) in [6.07, 6.45) is 0.446. The first-order valence-corrected chi connectivity index (χ1v) is 9.32. The molecule has 2 aromatic carbocycles. The first kappa shape index (κ1) is 22.4. The van der Waals surface area contributed by atoms with Gasteiger partial charge in [0.15, 0.2) is 11.5 Å². The molecule has 0 atom stereocenters. The van der Waals surface area contributed by atoms with Gasteiger partial charge in [-0.3, -0.25) is 4.79 Å². The van der Waals surface area contributed by atoms with E-state index in [0.29, 0.717) is 17.9 Å². The molecule has 150 valence electrons. The van der Waals surface area contributed by atoms with Crippen molar-refractivity contribution in [3.63, 3.8) is 0 Å². The third kappa shape index (κ3) is 4.58. The number of carbonyl (C=O) groups is 2. The molecule has 0 radical (unpaired) electrons. The Morgan fingerprint density at radius 1 is 0.929 bits per heavy atom. The molecule has 0 aromatic heterocycles. The van der Waals surface area contributed by atoms with Gasteiger partial charge in [0.25, 0.3) is 5.91 Å². The Morgan fingerprint density at radius 3 is 2.04 bits per heavy atom. The Kier molecular flexibility index (Phi) is 7.66. The minimum atomic E-state index is -1.45. The van der Waals surface area contributed by atoms with E-state index in [4.69, 9.17) is 55.9 Å². The first-order chi connectivity index (χ1) is 13.2. The van der Waals surface area contributed by atoms with Crippen LogP contribution in [0.5, 0.6) is 11.5 Å². The van der Waals surface area contributed by atoms with Crippen molar-refractivity contribution in [2.24, 2.45) is 0 Å². The smallest absolute Gasteiger partial charge is 0.338 e. The van der Waals surface area contributed by atoms with Crippen LogP contribution in [0.1, 0.15) is 26.3 Å². The predicted octanol–water partition coefficient (Wildman–Crippen LogP) is 4.99. The molecule has 6 nitrogen and oxygen atoms in total. The highest BCUT2D eigenvalue weighted by atomic mass is 35.5. The summed E-state index contributed by atoms with van der Waals surface area (Å²) in [5.41, 5.74) is 0.0141. The number of amides is 1. The SMILES string of the molecule is COc1ccc(CCNC(=O)c2c(Cl)c(Cl)c(Cl)c(Cl)c2C(=O)O)cc1OC. The largest absolute Gasteiger partial charge is 0.493 e. The van der Waals surface area contributed by atoms with Crippen LogP contribution in [0.3, 0.4) is 0 Å². The van der Waals surface area contributed by atoms with Crippen molar-refractivity contribution >= 4 is 58.3 Å². The number of aromatic carboxylic acids is 1. The second-order valence-electron chi connectivity index (χ2n) is 5.51. The molecular formula is C18H15Cl4NO5. The Hall–Kier alpha value is -1.86. The quantitative estimate of drug-likeness (QED) is 0.443. The van der Waals surface area contributed by atoms with E-state index in [2.05, 4.69) is 5.32 Å². The molecule has 10 heteroatoms. The molecule has 0 aliphatic rings. The number of rotatable bonds is 7. The Balaban J connectivity index is 2.21. The van der Waals surface area contributed by atoms with E-state index in [-0.39, 0.29) is 32.2 Å². The number of carboxylic acids is 1. The number of ether oxygens (including phenoxy) is 2. The van der Waals surface area contributed by atoms with Gasteiger partial charge >= 0.3 is 5.97 Å². The number of nitrogens with one attached hydrogen (secondary N) is 1. The van der Waals surface area contributed by atoms with E-state index < -0.39 is 17.4 Å². The number of carbonyl (C=O) groups excluding carboxylic acids is 1. The Labute approximate surface area is 181 Å². The number of hydrogen-bond donors (Lipinski definition) is 2. The van der Waals surface area contributed by atoms with Gasteiger partial charge in [0.05, 0.1) is 45.4 Å². The summed E-state index contributed by atoms with van der Waals surface area (Å²) in [6.45, 7) is 0.196. The lowest BCUT2D eigenvalue weighted by molar-refractivity contribution is 0.0691. The average molecular weight is 467 g/mol. The summed E-state index contributed by atoms with van der Waals surface area (Å²) in [7, 11) is 3.05. The zero-order valence-corrected chi connectivity index (χ0v) is 17.8. The number of carboxylic acid groups (broad SMARTS) is 1. The number of halogens is 4. The molecule has 0 spiro atoms. The topological polar surface area (TPSA) is 84.9 Å². The van der Waals surface area contributed by atoms with Crippen molar-refractivity contribution in [3.8, 4) is 11.5 Å². The minimum Gasteiger partial charge on any atom is -0.493 e. The zero-order chi connectivity index (χ0) is 21.0. The third-order valence-corrected chi connectivity index (χ3v) is 5.66. The molecule has 0 bridgehead atoms. The predicted molar refractivity (Wildman–Crippen MR) is 109 cm³/mol. The van der Waals surface area contributed by atoms with Gasteiger partial charge in [0.2, 0.25) is 0 Å². The van der Waals surface area contributed by atoms with Crippen LogP contribution in [-0.2, 0) is 6.42 Å². The standard InChI is InChI=1S/C18H15Cl4NO5/c1-27-9-4-3-8(7-10(9)28-2)5-6-23-17(24)11-12(18(25)26)14(20)16(22)15(21)13(11)19/h3-4,7H,5-6H2,1-2H3,(H,23,24)(H,25,26). The van der Waals surface area contributed by atoms with Gasteiger partial charge in [-0.05, 0) is 24.1 Å². The first-order valence-electron chi connectivity index (χ1n) is 7.81. The van der Waals surface area contributed by atoms with Crippen molar-refractivity contribution in [2.45, 2.75) is 6.42 Å². The highest BCUT2D eigenvalue weighted by Gasteiger charge is 2.28. The second kappa shape index (κ2) is 9.56. The summed E-state index contributed by atoms with van der Waals surface area (Å²) in [4.78, 5) is 24.1. The molecule has 28 heavy (non-hydrogen) atoms.